The van der Waals surface area contributed by atoms with E-state index in [0.29, 0.717) is 12.6 Å². The molecule has 0 spiro atoms. The van der Waals surface area contributed by atoms with Gasteiger partial charge < -0.3 is 4.90 Å². The van der Waals surface area contributed by atoms with E-state index in [1.54, 1.807) is 6.92 Å². The Balaban J connectivity index is 1.35. The lowest BCUT2D eigenvalue weighted by Gasteiger charge is -2.44. The molecule has 1 aromatic carbocycles. The van der Waals surface area contributed by atoms with Crippen LogP contribution in [-0.2, 0) is 17.8 Å². The molecule has 4 rings (SSSR count). The molecule has 0 N–H and O–H groups in total. The first-order valence-electron chi connectivity index (χ1n) is 9.97. The van der Waals surface area contributed by atoms with E-state index in [2.05, 4.69) is 20.8 Å². The number of carbonyl (C=O) groups excluding carboxylic acids is 2. The molecule has 0 aliphatic carbocycles. The summed E-state index contributed by atoms with van der Waals surface area (Å²) in [5.41, 5.74) is 3.31. The Morgan fingerprint density at radius 3 is 2.81 bits per heavy atom. The van der Waals surface area contributed by atoms with Gasteiger partial charge in [-0.2, -0.15) is 0 Å². The monoisotopic (exact) mass is 355 g/mol. The number of nitrogens with zero attached hydrogens (tertiary/aromatic N) is 3. The summed E-state index contributed by atoms with van der Waals surface area (Å²) in [5, 5.41) is 0. The highest BCUT2D eigenvalue weighted by Gasteiger charge is 2.31. The number of hydrogen-bond acceptors (Lipinski definition) is 4. The summed E-state index contributed by atoms with van der Waals surface area (Å²) >= 11 is 0. The maximum atomic E-state index is 12.8. The summed E-state index contributed by atoms with van der Waals surface area (Å²) in [6, 6.07) is 6.57. The van der Waals surface area contributed by atoms with E-state index in [-0.39, 0.29) is 11.7 Å². The van der Waals surface area contributed by atoms with Gasteiger partial charge in [-0.1, -0.05) is 18.6 Å². The molecule has 1 amide bonds. The fraction of sp³-hybridized carbons (Fsp3) is 0.619. The van der Waals surface area contributed by atoms with Gasteiger partial charge in [0.15, 0.2) is 5.78 Å². The Bertz CT molecular complexity index is 702. The van der Waals surface area contributed by atoms with Gasteiger partial charge in [0.2, 0.25) is 5.91 Å². The van der Waals surface area contributed by atoms with Gasteiger partial charge in [0.1, 0.15) is 0 Å². The molecule has 2 saturated heterocycles. The topological polar surface area (TPSA) is 43.9 Å². The lowest BCUT2D eigenvalue weighted by molar-refractivity contribution is -0.136. The lowest BCUT2D eigenvalue weighted by Crippen LogP contribution is -2.57. The second-order valence-corrected chi connectivity index (χ2v) is 8.03. The van der Waals surface area contributed by atoms with Crippen LogP contribution in [0.5, 0.6) is 0 Å². The van der Waals surface area contributed by atoms with Crippen LogP contribution in [0.1, 0.15) is 47.7 Å². The maximum absolute atomic E-state index is 12.8. The minimum atomic E-state index is 0.118. The predicted molar refractivity (Wildman–Crippen MR) is 101 cm³/mol. The third-order valence-corrected chi connectivity index (χ3v) is 6.25. The van der Waals surface area contributed by atoms with Crippen LogP contribution in [0.15, 0.2) is 18.2 Å². The molecule has 1 atom stereocenters. The summed E-state index contributed by atoms with van der Waals surface area (Å²) in [6.07, 6.45) is 4.76. The number of carbonyl (C=O) groups is 2. The van der Waals surface area contributed by atoms with Crippen molar-refractivity contribution >= 4 is 11.7 Å². The van der Waals surface area contributed by atoms with E-state index in [9.17, 15) is 9.59 Å². The highest BCUT2D eigenvalue weighted by Crippen LogP contribution is 2.23. The number of benzene rings is 1. The van der Waals surface area contributed by atoms with Crippen molar-refractivity contribution in [2.24, 2.45) is 0 Å². The van der Waals surface area contributed by atoms with Gasteiger partial charge in [-0.15, -0.1) is 0 Å². The molecule has 3 aliphatic rings. The molecule has 5 heteroatoms. The number of amides is 1. The van der Waals surface area contributed by atoms with Crippen LogP contribution in [0.4, 0.5) is 0 Å². The largest absolute Gasteiger partial charge is 0.339 e. The number of fused-ring (bicyclic) bond motifs is 2. The van der Waals surface area contributed by atoms with E-state index in [0.717, 1.165) is 44.7 Å². The van der Waals surface area contributed by atoms with Crippen molar-refractivity contribution in [3.8, 4) is 0 Å². The lowest BCUT2D eigenvalue weighted by atomic mass is 9.96. The first-order valence-corrected chi connectivity index (χ1v) is 9.97. The molecule has 26 heavy (non-hydrogen) atoms. The van der Waals surface area contributed by atoms with Crippen LogP contribution in [-0.4, -0.2) is 71.7 Å². The van der Waals surface area contributed by atoms with Crippen LogP contribution in [0, 0.1) is 0 Å². The van der Waals surface area contributed by atoms with Gasteiger partial charge in [-0.25, -0.2) is 0 Å². The van der Waals surface area contributed by atoms with Crippen molar-refractivity contribution < 1.29 is 9.59 Å². The summed E-state index contributed by atoms with van der Waals surface area (Å²) in [7, 11) is 0. The zero-order chi connectivity index (χ0) is 18.1. The number of piperidine rings is 1. The zero-order valence-electron chi connectivity index (χ0n) is 15.7. The van der Waals surface area contributed by atoms with Gasteiger partial charge in [0, 0.05) is 44.3 Å². The highest BCUT2D eigenvalue weighted by molar-refractivity contribution is 5.94. The molecule has 0 radical (unpaired) electrons. The first-order chi connectivity index (χ1) is 12.6. The van der Waals surface area contributed by atoms with E-state index in [1.165, 1.54) is 36.9 Å². The second-order valence-electron chi connectivity index (χ2n) is 8.03. The minimum Gasteiger partial charge on any atom is -0.339 e. The van der Waals surface area contributed by atoms with Crippen LogP contribution < -0.4 is 0 Å². The molecule has 5 nitrogen and oxygen atoms in total. The Kier molecular flexibility index (Phi) is 5.09. The summed E-state index contributed by atoms with van der Waals surface area (Å²) in [4.78, 5) is 31.3. The molecule has 0 aromatic heterocycles. The van der Waals surface area contributed by atoms with Crippen molar-refractivity contribution in [3.05, 3.63) is 34.9 Å². The van der Waals surface area contributed by atoms with Crippen molar-refractivity contribution in [1.82, 2.24) is 14.7 Å². The molecular formula is C21H29N3O2. The van der Waals surface area contributed by atoms with Crippen molar-refractivity contribution in [3.63, 3.8) is 0 Å². The zero-order valence-corrected chi connectivity index (χ0v) is 15.7. The normalized spacial score (nSPS) is 24.0. The van der Waals surface area contributed by atoms with E-state index >= 15 is 0 Å². The Morgan fingerprint density at radius 2 is 1.96 bits per heavy atom. The van der Waals surface area contributed by atoms with Crippen LogP contribution in [0.3, 0.4) is 0 Å². The quantitative estimate of drug-likeness (QED) is 0.778. The van der Waals surface area contributed by atoms with Gasteiger partial charge in [0.05, 0.1) is 6.54 Å². The average molecular weight is 355 g/mol. The third-order valence-electron chi connectivity index (χ3n) is 6.25. The molecule has 3 aliphatic heterocycles. The third kappa shape index (κ3) is 3.69. The van der Waals surface area contributed by atoms with Crippen LogP contribution >= 0.6 is 0 Å². The van der Waals surface area contributed by atoms with Crippen molar-refractivity contribution in [2.45, 2.75) is 45.2 Å². The summed E-state index contributed by atoms with van der Waals surface area (Å²) < 4.78 is 0. The number of hydrogen-bond donors (Lipinski definition) is 0. The fourth-order valence-corrected chi connectivity index (χ4v) is 4.64. The predicted octanol–water partition coefficient (Wildman–Crippen LogP) is 1.94. The molecule has 2 fully saturated rings. The van der Waals surface area contributed by atoms with Gasteiger partial charge in [-0.3, -0.25) is 19.4 Å². The van der Waals surface area contributed by atoms with E-state index < -0.39 is 0 Å². The number of ketones is 1. The van der Waals surface area contributed by atoms with Crippen molar-refractivity contribution in [1.29, 1.82) is 0 Å². The van der Waals surface area contributed by atoms with Crippen LogP contribution in [0.2, 0.25) is 0 Å². The fourth-order valence-electron chi connectivity index (χ4n) is 4.64. The molecule has 3 heterocycles. The Hall–Kier alpha value is -1.72. The van der Waals surface area contributed by atoms with E-state index in [1.807, 2.05) is 12.1 Å². The Labute approximate surface area is 155 Å². The summed E-state index contributed by atoms with van der Waals surface area (Å²) in [5.74, 6) is 0.395. The van der Waals surface area contributed by atoms with Gasteiger partial charge in [-0.05, 0) is 49.9 Å². The second kappa shape index (κ2) is 7.49. The van der Waals surface area contributed by atoms with Crippen LogP contribution in [0.25, 0.3) is 0 Å². The standard InChI is InChI=1S/C21H29N3O2/c1-16(25)17-5-6-19-13-22(9-7-18(19)12-17)15-21(26)24-11-10-23-8-3-2-4-20(23)14-24/h5-6,12,20H,2-4,7-11,13-15H2,1H3. The molecule has 0 bridgehead atoms. The molecule has 140 valence electrons. The van der Waals surface area contributed by atoms with Crippen molar-refractivity contribution in [2.75, 3.05) is 39.3 Å². The van der Waals surface area contributed by atoms with Gasteiger partial charge in [0.25, 0.3) is 0 Å². The molecule has 1 aromatic rings. The van der Waals surface area contributed by atoms with Gasteiger partial charge >= 0.3 is 0 Å². The highest BCUT2D eigenvalue weighted by atomic mass is 16.2. The Morgan fingerprint density at radius 1 is 1.08 bits per heavy atom. The number of Topliss-reactive ketones (excluding diaryl/α,β-unsaturated/α-hetero) is 1. The minimum absolute atomic E-state index is 0.118. The number of piperazine rings is 1. The number of rotatable bonds is 3. The smallest absolute Gasteiger partial charge is 0.236 e. The molecule has 0 saturated carbocycles. The van der Waals surface area contributed by atoms with E-state index in [4.69, 9.17) is 0 Å². The molecular weight excluding hydrogens is 326 g/mol. The first kappa shape index (κ1) is 17.7. The average Bonchev–Trinajstić information content (AvgIpc) is 2.67. The molecule has 1 unspecified atom stereocenters. The summed E-state index contributed by atoms with van der Waals surface area (Å²) in [6.45, 7) is 7.85. The maximum Gasteiger partial charge on any atom is 0.236 e. The SMILES string of the molecule is CC(=O)c1ccc2c(c1)CCN(CC(=O)N1CCN3CCCCC3C1)C2.